The second kappa shape index (κ2) is 5.09. The van der Waals surface area contributed by atoms with E-state index in [0.29, 0.717) is 10.9 Å². The smallest absolute Gasteiger partial charge is 0.282 e. The quantitative estimate of drug-likeness (QED) is 0.561. The third kappa shape index (κ3) is 2.59. The molecular weight excluding hydrogens is 332 g/mol. The molecule has 0 aliphatic carbocycles. The van der Waals surface area contributed by atoms with Crippen molar-refractivity contribution in [3.63, 3.8) is 0 Å². The minimum Gasteiger partial charge on any atom is -0.282 e. The Balaban J connectivity index is 1.90. The second-order valence-corrected chi connectivity index (χ2v) is 7.49. The highest BCUT2D eigenvalue weighted by Gasteiger charge is 2.12. The summed E-state index contributed by atoms with van der Waals surface area (Å²) in [7, 11) is -4.23. The lowest BCUT2D eigenvalue weighted by Crippen LogP contribution is -1.97. The van der Waals surface area contributed by atoms with Crippen molar-refractivity contribution in [3.05, 3.63) is 54.7 Å². The summed E-state index contributed by atoms with van der Waals surface area (Å²) in [5, 5.41) is 1.45. The van der Waals surface area contributed by atoms with Crippen LogP contribution in [-0.4, -0.2) is 22.9 Å². The SMILES string of the molecule is O=S(=O)(O)c1ccc2ncc(-c3nc4ccccc4s3)cc2c1. The Morgan fingerprint density at radius 3 is 2.61 bits per heavy atom. The van der Waals surface area contributed by atoms with Gasteiger partial charge >= 0.3 is 0 Å². The van der Waals surface area contributed by atoms with E-state index in [2.05, 4.69) is 9.97 Å². The van der Waals surface area contributed by atoms with Crippen LogP contribution in [0.5, 0.6) is 0 Å². The van der Waals surface area contributed by atoms with Gasteiger partial charge in [0, 0.05) is 17.1 Å². The Kier molecular flexibility index (Phi) is 3.15. The molecule has 0 unspecified atom stereocenters. The average Bonchev–Trinajstić information content (AvgIpc) is 2.97. The molecule has 0 aliphatic rings. The molecule has 2 aromatic carbocycles. The minimum atomic E-state index is -4.23. The fourth-order valence-corrected chi connectivity index (χ4v) is 3.85. The number of aromatic nitrogens is 2. The molecular formula is C16H10N2O3S2. The van der Waals surface area contributed by atoms with E-state index in [9.17, 15) is 13.0 Å². The van der Waals surface area contributed by atoms with Crippen molar-refractivity contribution in [1.29, 1.82) is 0 Å². The molecule has 4 aromatic rings. The number of rotatable bonds is 2. The monoisotopic (exact) mass is 342 g/mol. The van der Waals surface area contributed by atoms with E-state index in [1.165, 1.54) is 12.1 Å². The second-order valence-electron chi connectivity index (χ2n) is 5.04. The zero-order valence-electron chi connectivity index (χ0n) is 11.7. The van der Waals surface area contributed by atoms with Crippen LogP contribution in [0.1, 0.15) is 0 Å². The summed E-state index contributed by atoms with van der Waals surface area (Å²) in [5.74, 6) is 0. The largest absolute Gasteiger partial charge is 0.294 e. The third-order valence-electron chi connectivity index (χ3n) is 3.49. The predicted octanol–water partition coefficient (Wildman–Crippen LogP) is 3.76. The van der Waals surface area contributed by atoms with Crippen LogP contribution in [0.2, 0.25) is 0 Å². The lowest BCUT2D eigenvalue weighted by atomic mass is 10.2. The molecule has 5 nitrogen and oxygen atoms in total. The van der Waals surface area contributed by atoms with Gasteiger partial charge in [-0.3, -0.25) is 9.54 Å². The van der Waals surface area contributed by atoms with E-state index >= 15 is 0 Å². The van der Waals surface area contributed by atoms with Gasteiger partial charge in [0.1, 0.15) is 5.01 Å². The first-order valence-corrected chi connectivity index (χ1v) is 9.00. The number of fused-ring (bicyclic) bond motifs is 2. The Hall–Kier alpha value is -2.35. The Morgan fingerprint density at radius 1 is 1.00 bits per heavy atom. The van der Waals surface area contributed by atoms with Gasteiger partial charge in [0.2, 0.25) is 0 Å². The lowest BCUT2D eigenvalue weighted by molar-refractivity contribution is 0.483. The molecule has 0 fully saturated rings. The molecule has 0 atom stereocenters. The van der Waals surface area contributed by atoms with Crippen LogP contribution in [0.3, 0.4) is 0 Å². The number of pyridine rings is 1. The molecule has 0 saturated heterocycles. The number of para-hydroxylation sites is 1. The molecule has 2 heterocycles. The molecule has 0 aliphatic heterocycles. The van der Waals surface area contributed by atoms with Crippen molar-refractivity contribution < 1.29 is 13.0 Å². The van der Waals surface area contributed by atoms with Crippen LogP contribution in [-0.2, 0) is 10.1 Å². The maximum Gasteiger partial charge on any atom is 0.294 e. The zero-order chi connectivity index (χ0) is 16.0. The molecule has 0 bridgehead atoms. The first kappa shape index (κ1) is 14.3. The van der Waals surface area contributed by atoms with Gasteiger partial charge in [0.15, 0.2) is 0 Å². The third-order valence-corrected chi connectivity index (χ3v) is 5.43. The van der Waals surface area contributed by atoms with Crippen molar-refractivity contribution in [2.45, 2.75) is 4.90 Å². The van der Waals surface area contributed by atoms with E-state index in [0.717, 1.165) is 20.8 Å². The van der Waals surface area contributed by atoms with Crippen LogP contribution >= 0.6 is 11.3 Å². The van der Waals surface area contributed by atoms with Crippen molar-refractivity contribution in [3.8, 4) is 10.6 Å². The summed E-state index contributed by atoms with van der Waals surface area (Å²) in [5.41, 5.74) is 2.38. The predicted molar refractivity (Wildman–Crippen MR) is 90.2 cm³/mol. The standard InChI is InChI=1S/C16H10N2O3S2/c19-23(20,21)12-5-6-13-10(8-12)7-11(9-17-13)16-18-14-3-1-2-4-15(14)22-16/h1-9H,(H,19,20,21). The fraction of sp³-hybridized carbons (Fsp3) is 0. The number of thiazole rings is 1. The van der Waals surface area contributed by atoms with Crippen molar-refractivity contribution >= 4 is 42.6 Å². The molecule has 0 spiro atoms. The number of benzene rings is 2. The summed E-state index contributed by atoms with van der Waals surface area (Å²) in [6.07, 6.45) is 1.72. The van der Waals surface area contributed by atoms with Gasteiger partial charge in [0.05, 0.1) is 20.6 Å². The van der Waals surface area contributed by atoms with E-state index in [4.69, 9.17) is 0 Å². The molecule has 0 amide bonds. The highest BCUT2D eigenvalue weighted by molar-refractivity contribution is 7.85. The van der Waals surface area contributed by atoms with E-state index in [-0.39, 0.29) is 4.90 Å². The maximum atomic E-state index is 11.3. The van der Waals surface area contributed by atoms with Crippen LogP contribution in [0.25, 0.3) is 31.7 Å². The summed E-state index contributed by atoms with van der Waals surface area (Å²) in [6, 6.07) is 14.0. The molecule has 4 rings (SSSR count). The minimum absolute atomic E-state index is 0.145. The first-order chi connectivity index (χ1) is 11.0. The Bertz CT molecular complexity index is 1120. The Labute approximate surface area is 136 Å². The van der Waals surface area contributed by atoms with Crippen LogP contribution in [0.4, 0.5) is 0 Å². The lowest BCUT2D eigenvalue weighted by Gasteiger charge is -2.02. The van der Waals surface area contributed by atoms with Crippen molar-refractivity contribution in [1.82, 2.24) is 9.97 Å². The molecule has 0 radical (unpaired) electrons. The number of hydrogen-bond donors (Lipinski definition) is 1. The van der Waals surface area contributed by atoms with Gasteiger partial charge in [-0.25, -0.2) is 4.98 Å². The molecule has 23 heavy (non-hydrogen) atoms. The normalized spacial score (nSPS) is 12.0. The van der Waals surface area contributed by atoms with Gasteiger partial charge in [0.25, 0.3) is 10.1 Å². The number of nitrogens with zero attached hydrogens (tertiary/aromatic N) is 2. The van der Waals surface area contributed by atoms with Crippen molar-refractivity contribution in [2.24, 2.45) is 0 Å². The van der Waals surface area contributed by atoms with Crippen LogP contribution in [0, 0.1) is 0 Å². The molecule has 0 saturated carbocycles. The summed E-state index contributed by atoms with van der Waals surface area (Å²) < 4.78 is 32.8. The molecule has 7 heteroatoms. The van der Waals surface area contributed by atoms with Gasteiger partial charge in [-0.1, -0.05) is 12.1 Å². The summed E-state index contributed by atoms with van der Waals surface area (Å²) >= 11 is 1.55. The zero-order valence-corrected chi connectivity index (χ0v) is 13.3. The first-order valence-electron chi connectivity index (χ1n) is 6.74. The average molecular weight is 342 g/mol. The van der Waals surface area contributed by atoms with Crippen molar-refractivity contribution in [2.75, 3.05) is 0 Å². The highest BCUT2D eigenvalue weighted by Crippen LogP contribution is 2.31. The van der Waals surface area contributed by atoms with E-state index < -0.39 is 10.1 Å². The van der Waals surface area contributed by atoms with E-state index in [1.54, 1.807) is 23.6 Å². The van der Waals surface area contributed by atoms with Gasteiger partial charge in [-0.05, 0) is 36.4 Å². The van der Waals surface area contributed by atoms with Gasteiger partial charge in [-0.15, -0.1) is 11.3 Å². The van der Waals surface area contributed by atoms with Gasteiger partial charge in [-0.2, -0.15) is 8.42 Å². The Morgan fingerprint density at radius 2 is 1.83 bits per heavy atom. The van der Waals surface area contributed by atoms with E-state index in [1.807, 2.05) is 30.3 Å². The summed E-state index contributed by atoms with van der Waals surface area (Å²) in [6.45, 7) is 0. The van der Waals surface area contributed by atoms with Crippen LogP contribution < -0.4 is 0 Å². The molecule has 114 valence electrons. The van der Waals surface area contributed by atoms with Crippen LogP contribution in [0.15, 0.2) is 59.6 Å². The summed E-state index contributed by atoms with van der Waals surface area (Å²) in [4.78, 5) is 8.77. The maximum absolute atomic E-state index is 11.3. The number of hydrogen-bond acceptors (Lipinski definition) is 5. The highest BCUT2D eigenvalue weighted by atomic mass is 32.2. The van der Waals surface area contributed by atoms with Gasteiger partial charge < -0.3 is 0 Å². The topological polar surface area (TPSA) is 80.2 Å². The fourth-order valence-electron chi connectivity index (χ4n) is 2.38. The molecule has 2 aromatic heterocycles. The molecule has 1 N–H and O–H groups in total.